The zero-order valence-electron chi connectivity index (χ0n) is 15.1. The number of alkyl halides is 3. The van der Waals surface area contributed by atoms with Gasteiger partial charge in [-0.2, -0.15) is 13.2 Å². The summed E-state index contributed by atoms with van der Waals surface area (Å²) in [6.07, 6.45) is -2.36. The normalized spacial score (nSPS) is 25.5. The van der Waals surface area contributed by atoms with E-state index in [9.17, 15) is 37.4 Å². The van der Waals surface area contributed by atoms with E-state index < -0.39 is 46.4 Å². The van der Waals surface area contributed by atoms with Crippen molar-refractivity contribution < 1.29 is 37.4 Å². The Kier molecular flexibility index (Phi) is 4.64. The summed E-state index contributed by atoms with van der Waals surface area (Å²) >= 11 is 0. The number of carbonyl (C=O) groups is 2. The Morgan fingerprint density at radius 2 is 1.79 bits per heavy atom. The highest BCUT2D eigenvalue weighted by Gasteiger charge is 2.57. The second-order valence-corrected chi connectivity index (χ2v) is 7.33. The Morgan fingerprint density at radius 1 is 1.18 bits per heavy atom. The molecular formula is C20H18F4O4. The number of halogens is 4. The Bertz CT molecular complexity index is 925. The van der Waals surface area contributed by atoms with Crippen molar-refractivity contribution in [3.05, 3.63) is 52.4 Å². The summed E-state index contributed by atoms with van der Waals surface area (Å²) in [5, 5.41) is 19.6. The molecule has 150 valence electrons. The molecule has 3 rings (SSSR count). The lowest BCUT2D eigenvalue weighted by Crippen LogP contribution is -2.42. The van der Waals surface area contributed by atoms with Gasteiger partial charge in [0.2, 0.25) is 0 Å². The lowest BCUT2D eigenvalue weighted by atomic mass is 9.63. The van der Waals surface area contributed by atoms with Crippen LogP contribution in [0.1, 0.15) is 37.8 Å². The molecule has 1 aromatic rings. The number of carboxylic acid groups (broad SMARTS) is 2. The number of aliphatic carboxylic acids is 2. The third kappa shape index (κ3) is 3.00. The molecule has 2 N–H and O–H groups in total. The Balaban J connectivity index is 2.32. The maximum atomic E-state index is 14.5. The van der Waals surface area contributed by atoms with Gasteiger partial charge in [-0.1, -0.05) is 13.0 Å². The summed E-state index contributed by atoms with van der Waals surface area (Å²) < 4.78 is 53.8. The molecule has 0 amide bonds. The third-order valence-corrected chi connectivity index (χ3v) is 5.78. The minimum atomic E-state index is -4.72. The fourth-order valence-corrected chi connectivity index (χ4v) is 4.17. The molecule has 0 bridgehead atoms. The standard InChI is InChI=1S/C20H18F4O4/c1-9-14(13-7-12(20(22,23)24)5-6-15(13)21)8-19(18(27)28,11-3-4-11)10(2)16(9)17(25)26/h5-8,10-11H,3-4H2,1-2H3,(H,25,26)(H,27,28). The first kappa shape index (κ1) is 20.1. The van der Waals surface area contributed by atoms with Gasteiger partial charge in [0.15, 0.2) is 0 Å². The molecule has 1 fully saturated rings. The van der Waals surface area contributed by atoms with Gasteiger partial charge in [-0.15, -0.1) is 0 Å². The van der Waals surface area contributed by atoms with Crippen molar-refractivity contribution in [3.8, 4) is 0 Å². The Hall–Kier alpha value is -2.64. The van der Waals surface area contributed by atoms with Crippen molar-refractivity contribution in [1.29, 1.82) is 0 Å². The predicted molar refractivity (Wildman–Crippen MR) is 91.7 cm³/mol. The molecule has 28 heavy (non-hydrogen) atoms. The summed E-state index contributed by atoms with van der Waals surface area (Å²) in [7, 11) is 0. The summed E-state index contributed by atoms with van der Waals surface area (Å²) in [4.78, 5) is 24.1. The lowest BCUT2D eigenvalue weighted by molar-refractivity contribution is -0.150. The highest BCUT2D eigenvalue weighted by Crippen LogP contribution is 2.57. The van der Waals surface area contributed by atoms with Crippen LogP contribution in [0.2, 0.25) is 0 Å². The van der Waals surface area contributed by atoms with Crippen LogP contribution in [0.5, 0.6) is 0 Å². The SMILES string of the molecule is CC1=C(C(=O)O)C(C)C(C(=O)O)(C2CC2)C=C1c1cc(C(F)(F)F)ccc1F. The van der Waals surface area contributed by atoms with Crippen LogP contribution in [-0.2, 0) is 15.8 Å². The Labute approximate surface area is 158 Å². The zero-order chi connectivity index (χ0) is 21.0. The fourth-order valence-electron chi connectivity index (χ4n) is 4.17. The van der Waals surface area contributed by atoms with Crippen LogP contribution in [-0.4, -0.2) is 22.2 Å². The highest BCUT2D eigenvalue weighted by molar-refractivity contribution is 5.99. The van der Waals surface area contributed by atoms with Crippen molar-refractivity contribution in [3.63, 3.8) is 0 Å². The van der Waals surface area contributed by atoms with Gasteiger partial charge in [0.25, 0.3) is 0 Å². The molecule has 0 aliphatic heterocycles. The summed E-state index contributed by atoms with van der Waals surface area (Å²) in [5.74, 6) is -4.88. The molecular weight excluding hydrogens is 380 g/mol. The van der Waals surface area contributed by atoms with Crippen LogP contribution < -0.4 is 0 Å². The highest BCUT2D eigenvalue weighted by atomic mass is 19.4. The molecule has 0 saturated heterocycles. The predicted octanol–water partition coefficient (Wildman–Crippen LogP) is 4.76. The summed E-state index contributed by atoms with van der Waals surface area (Å²) in [5.41, 5.74) is -3.43. The fraction of sp³-hybridized carbons (Fsp3) is 0.400. The molecule has 0 radical (unpaired) electrons. The Morgan fingerprint density at radius 3 is 2.25 bits per heavy atom. The summed E-state index contributed by atoms with van der Waals surface area (Å²) in [6.45, 7) is 2.85. The number of rotatable bonds is 4. The van der Waals surface area contributed by atoms with Crippen LogP contribution in [0.15, 0.2) is 35.4 Å². The number of hydrogen-bond acceptors (Lipinski definition) is 2. The minimum Gasteiger partial charge on any atom is -0.481 e. The van der Waals surface area contributed by atoms with Crippen LogP contribution in [0.4, 0.5) is 17.6 Å². The van der Waals surface area contributed by atoms with Crippen LogP contribution >= 0.6 is 0 Å². The average Bonchev–Trinajstić information content (AvgIpc) is 3.40. The molecule has 2 aliphatic carbocycles. The number of carboxylic acids is 2. The maximum absolute atomic E-state index is 14.5. The monoisotopic (exact) mass is 398 g/mol. The van der Waals surface area contributed by atoms with Crippen molar-refractivity contribution in [2.75, 3.05) is 0 Å². The van der Waals surface area contributed by atoms with Gasteiger partial charge in [-0.3, -0.25) is 4.79 Å². The van der Waals surface area contributed by atoms with E-state index in [1.54, 1.807) is 0 Å². The molecule has 2 atom stereocenters. The van der Waals surface area contributed by atoms with E-state index in [-0.39, 0.29) is 22.6 Å². The maximum Gasteiger partial charge on any atom is 0.416 e. The second kappa shape index (κ2) is 6.46. The van der Waals surface area contributed by atoms with Crippen LogP contribution in [0, 0.1) is 23.1 Å². The average molecular weight is 398 g/mol. The second-order valence-electron chi connectivity index (χ2n) is 7.33. The van der Waals surface area contributed by atoms with E-state index in [0.717, 1.165) is 0 Å². The van der Waals surface area contributed by atoms with Gasteiger partial charge in [0, 0.05) is 17.1 Å². The molecule has 1 aromatic carbocycles. The van der Waals surface area contributed by atoms with E-state index >= 15 is 0 Å². The van der Waals surface area contributed by atoms with Gasteiger partial charge >= 0.3 is 18.1 Å². The number of allylic oxidation sites excluding steroid dienone is 2. The van der Waals surface area contributed by atoms with Crippen LogP contribution in [0.25, 0.3) is 5.57 Å². The van der Waals surface area contributed by atoms with Gasteiger partial charge < -0.3 is 10.2 Å². The molecule has 0 spiro atoms. The molecule has 8 heteroatoms. The first-order valence-electron chi connectivity index (χ1n) is 8.69. The van der Waals surface area contributed by atoms with E-state index in [0.29, 0.717) is 31.0 Å². The largest absolute Gasteiger partial charge is 0.481 e. The molecule has 0 heterocycles. The molecule has 2 unspecified atom stereocenters. The lowest BCUT2D eigenvalue weighted by Gasteiger charge is -2.38. The van der Waals surface area contributed by atoms with Gasteiger partial charge in [0.1, 0.15) is 5.82 Å². The molecule has 1 saturated carbocycles. The number of hydrogen-bond donors (Lipinski definition) is 2. The van der Waals surface area contributed by atoms with E-state index in [2.05, 4.69) is 0 Å². The van der Waals surface area contributed by atoms with Gasteiger partial charge in [-0.25, -0.2) is 9.18 Å². The smallest absolute Gasteiger partial charge is 0.416 e. The molecule has 2 aliphatic rings. The van der Waals surface area contributed by atoms with Crippen molar-refractivity contribution >= 4 is 17.5 Å². The quantitative estimate of drug-likeness (QED) is 0.718. The van der Waals surface area contributed by atoms with Gasteiger partial charge in [0.05, 0.1) is 11.0 Å². The molecule has 4 nitrogen and oxygen atoms in total. The van der Waals surface area contributed by atoms with E-state index in [1.807, 2.05) is 0 Å². The first-order chi connectivity index (χ1) is 12.9. The van der Waals surface area contributed by atoms with Crippen molar-refractivity contribution in [2.24, 2.45) is 17.3 Å². The van der Waals surface area contributed by atoms with Crippen molar-refractivity contribution in [1.82, 2.24) is 0 Å². The first-order valence-corrected chi connectivity index (χ1v) is 8.69. The van der Waals surface area contributed by atoms with E-state index in [1.165, 1.54) is 19.9 Å². The molecule has 0 aromatic heterocycles. The van der Waals surface area contributed by atoms with Crippen molar-refractivity contribution in [2.45, 2.75) is 32.9 Å². The van der Waals surface area contributed by atoms with Gasteiger partial charge in [-0.05, 0) is 55.0 Å². The minimum absolute atomic E-state index is 0.0655. The summed E-state index contributed by atoms with van der Waals surface area (Å²) in [6, 6.07) is 1.84. The third-order valence-electron chi connectivity index (χ3n) is 5.78. The van der Waals surface area contributed by atoms with Crippen LogP contribution in [0.3, 0.4) is 0 Å². The zero-order valence-corrected chi connectivity index (χ0v) is 15.1. The number of benzene rings is 1. The van der Waals surface area contributed by atoms with E-state index in [4.69, 9.17) is 0 Å². The topological polar surface area (TPSA) is 74.6 Å².